The molecule has 0 bridgehead atoms. The SMILES string of the molecule is COc1ccc(CCC(C)NC(C)C(CO)SC)cc1. The molecule has 1 aromatic carbocycles. The maximum Gasteiger partial charge on any atom is 0.118 e. The molecular weight excluding hydrogens is 270 g/mol. The number of hydrogen-bond donors (Lipinski definition) is 2. The summed E-state index contributed by atoms with van der Waals surface area (Å²) in [6.07, 6.45) is 4.18. The molecule has 0 radical (unpaired) electrons. The molecule has 3 atom stereocenters. The van der Waals surface area contributed by atoms with Gasteiger partial charge in [0, 0.05) is 17.3 Å². The maximum atomic E-state index is 9.29. The van der Waals surface area contributed by atoms with E-state index in [0.717, 1.165) is 18.6 Å². The van der Waals surface area contributed by atoms with Crippen LogP contribution in [-0.4, -0.2) is 42.4 Å². The minimum atomic E-state index is 0.223. The first-order valence-electron chi connectivity index (χ1n) is 7.13. The van der Waals surface area contributed by atoms with E-state index < -0.39 is 0 Å². The molecule has 0 aliphatic heterocycles. The Balaban J connectivity index is 2.36. The highest BCUT2D eigenvalue weighted by atomic mass is 32.2. The Bertz CT molecular complexity index is 365. The Kier molecular flexibility index (Phi) is 8.04. The van der Waals surface area contributed by atoms with Crippen molar-refractivity contribution in [2.24, 2.45) is 0 Å². The Hall–Kier alpha value is -0.710. The van der Waals surface area contributed by atoms with Crippen molar-refractivity contribution in [1.29, 1.82) is 0 Å². The molecule has 0 aliphatic carbocycles. The average molecular weight is 297 g/mol. The Morgan fingerprint density at radius 1 is 1.25 bits per heavy atom. The summed E-state index contributed by atoms with van der Waals surface area (Å²) in [5.74, 6) is 0.902. The monoisotopic (exact) mass is 297 g/mol. The van der Waals surface area contributed by atoms with Crippen molar-refractivity contribution in [3.05, 3.63) is 29.8 Å². The van der Waals surface area contributed by atoms with Crippen LogP contribution in [0.3, 0.4) is 0 Å². The standard InChI is InChI=1S/C16H27NO2S/c1-12(17-13(2)16(11-18)20-4)5-6-14-7-9-15(19-3)10-8-14/h7-10,12-13,16-18H,5-6,11H2,1-4H3. The molecule has 0 fully saturated rings. The highest BCUT2D eigenvalue weighted by Crippen LogP contribution is 2.14. The highest BCUT2D eigenvalue weighted by Gasteiger charge is 2.16. The van der Waals surface area contributed by atoms with E-state index in [4.69, 9.17) is 4.74 Å². The van der Waals surface area contributed by atoms with Gasteiger partial charge in [-0.2, -0.15) is 11.8 Å². The van der Waals surface area contributed by atoms with Gasteiger partial charge in [-0.15, -0.1) is 0 Å². The van der Waals surface area contributed by atoms with Crippen LogP contribution in [0.15, 0.2) is 24.3 Å². The van der Waals surface area contributed by atoms with Crippen molar-refractivity contribution in [2.75, 3.05) is 20.0 Å². The number of rotatable bonds is 9. The molecular formula is C16H27NO2S. The van der Waals surface area contributed by atoms with E-state index in [1.54, 1.807) is 18.9 Å². The van der Waals surface area contributed by atoms with E-state index in [0.29, 0.717) is 12.1 Å². The Labute approximate surface area is 127 Å². The molecule has 0 saturated heterocycles. The van der Waals surface area contributed by atoms with Crippen molar-refractivity contribution in [3.63, 3.8) is 0 Å². The number of nitrogens with one attached hydrogen (secondary N) is 1. The molecule has 0 heterocycles. The van der Waals surface area contributed by atoms with Gasteiger partial charge in [0.2, 0.25) is 0 Å². The quantitative estimate of drug-likeness (QED) is 0.735. The lowest BCUT2D eigenvalue weighted by atomic mass is 10.1. The zero-order valence-corrected chi connectivity index (χ0v) is 13.7. The predicted molar refractivity (Wildman–Crippen MR) is 87.8 cm³/mol. The summed E-state index contributed by atoms with van der Waals surface area (Å²) in [5.41, 5.74) is 1.33. The molecule has 0 aliphatic rings. The number of aliphatic hydroxyl groups excluding tert-OH is 1. The summed E-state index contributed by atoms with van der Waals surface area (Å²) in [6.45, 7) is 4.57. The summed E-state index contributed by atoms with van der Waals surface area (Å²) in [5, 5.41) is 13.1. The van der Waals surface area contributed by atoms with Crippen molar-refractivity contribution in [2.45, 2.75) is 44.0 Å². The number of aliphatic hydroxyl groups is 1. The van der Waals surface area contributed by atoms with Crippen LogP contribution in [0, 0.1) is 0 Å². The normalized spacial score (nSPS) is 15.7. The maximum absolute atomic E-state index is 9.29. The van der Waals surface area contributed by atoms with Crippen molar-refractivity contribution in [1.82, 2.24) is 5.32 Å². The molecule has 1 aromatic rings. The van der Waals surface area contributed by atoms with Gasteiger partial charge in [0.15, 0.2) is 0 Å². The molecule has 0 saturated carbocycles. The second kappa shape index (κ2) is 9.27. The molecule has 2 N–H and O–H groups in total. The van der Waals surface area contributed by atoms with E-state index in [9.17, 15) is 5.11 Å². The average Bonchev–Trinajstić information content (AvgIpc) is 2.47. The third kappa shape index (κ3) is 5.73. The molecule has 20 heavy (non-hydrogen) atoms. The lowest BCUT2D eigenvalue weighted by Crippen LogP contribution is -2.42. The van der Waals surface area contributed by atoms with Crippen LogP contribution in [0.4, 0.5) is 0 Å². The summed E-state index contributed by atoms with van der Waals surface area (Å²) in [4.78, 5) is 0. The summed E-state index contributed by atoms with van der Waals surface area (Å²) in [6, 6.07) is 9.01. The van der Waals surface area contributed by atoms with Gasteiger partial charge in [0.1, 0.15) is 5.75 Å². The van der Waals surface area contributed by atoms with Gasteiger partial charge in [-0.1, -0.05) is 12.1 Å². The number of benzene rings is 1. The van der Waals surface area contributed by atoms with Gasteiger partial charge in [0.05, 0.1) is 13.7 Å². The van der Waals surface area contributed by atoms with Gasteiger partial charge in [-0.3, -0.25) is 0 Å². The molecule has 3 nitrogen and oxygen atoms in total. The van der Waals surface area contributed by atoms with Crippen LogP contribution in [0.2, 0.25) is 0 Å². The zero-order valence-electron chi connectivity index (χ0n) is 12.9. The van der Waals surface area contributed by atoms with E-state index in [-0.39, 0.29) is 11.9 Å². The summed E-state index contributed by atoms with van der Waals surface area (Å²) < 4.78 is 5.16. The van der Waals surface area contributed by atoms with Crippen molar-refractivity contribution < 1.29 is 9.84 Å². The van der Waals surface area contributed by atoms with Crippen LogP contribution >= 0.6 is 11.8 Å². The number of ether oxygens (including phenoxy) is 1. The lowest BCUT2D eigenvalue weighted by Gasteiger charge is -2.25. The van der Waals surface area contributed by atoms with Gasteiger partial charge in [-0.25, -0.2) is 0 Å². The van der Waals surface area contributed by atoms with Crippen molar-refractivity contribution >= 4 is 11.8 Å². The first-order chi connectivity index (χ1) is 9.60. The molecule has 1 rings (SSSR count). The third-order valence-electron chi connectivity index (χ3n) is 3.61. The zero-order chi connectivity index (χ0) is 15.0. The molecule has 3 unspecified atom stereocenters. The molecule has 0 amide bonds. The second-order valence-corrected chi connectivity index (χ2v) is 6.28. The Morgan fingerprint density at radius 3 is 2.40 bits per heavy atom. The molecule has 114 valence electrons. The minimum absolute atomic E-state index is 0.223. The van der Waals surface area contributed by atoms with Crippen molar-refractivity contribution in [3.8, 4) is 5.75 Å². The van der Waals surface area contributed by atoms with Gasteiger partial charge in [0.25, 0.3) is 0 Å². The molecule has 0 aromatic heterocycles. The number of thioether (sulfide) groups is 1. The van der Waals surface area contributed by atoms with Crippen LogP contribution < -0.4 is 10.1 Å². The van der Waals surface area contributed by atoms with Gasteiger partial charge < -0.3 is 15.2 Å². The number of aryl methyl sites for hydroxylation is 1. The van der Waals surface area contributed by atoms with Crippen LogP contribution in [0.1, 0.15) is 25.8 Å². The molecule has 4 heteroatoms. The third-order valence-corrected chi connectivity index (χ3v) is 4.78. The second-order valence-electron chi connectivity index (χ2n) is 5.20. The van der Waals surface area contributed by atoms with E-state index in [1.807, 2.05) is 18.4 Å². The Morgan fingerprint density at radius 2 is 1.90 bits per heavy atom. The van der Waals surface area contributed by atoms with Crippen LogP contribution in [0.25, 0.3) is 0 Å². The first kappa shape index (κ1) is 17.3. The number of hydrogen-bond acceptors (Lipinski definition) is 4. The topological polar surface area (TPSA) is 41.5 Å². The lowest BCUT2D eigenvalue weighted by molar-refractivity contribution is 0.270. The first-order valence-corrected chi connectivity index (χ1v) is 8.42. The fourth-order valence-corrected chi connectivity index (χ4v) is 2.89. The van der Waals surface area contributed by atoms with Gasteiger partial charge >= 0.3 is 0 Å². The fourth-order valence-electron chi connectivity index (χ4n) is 2.25. The summed E-state index contributed by atoms with van der Waals surface area (Å²) >= 11 is 1.71. The van der Waals surface area contributed by atoms with Gasteiger partial charge in [-0.05, 0) is 50.6 Å². The largest absolute Gasteiger partial charge is 0.497 e. The fraction of sp³-hybridized carbons (Fsp3) is 0.625. The highest BCUT2D eigenvalue weighted by molar-refractivity contribution is 7.99. The van der Waals surface area contributed by atoms with E-state index >= 15 is 0 Å². The smallest absolute Gasteiger partial charge is 0.118 e. The predicted octanol–water partition coefficient (Wildman–Crippen LogP) is 2.72. The minimum Gasteiger partial charge on any atom is -0.497 e. The van der Waals surface area contributed by atoms with Crippen LogP contribution in [-0.2, 0) is 6.42 Å². The van der Waals surface area contributed by atoms with E-state index in [2.05, 4.69) is 31.3 Å². The van der Waals surface area contributed by atoms with Crippen LogP contribution in [0.5, 0.6) is 5.75 Å². The number of methoxy groups -OCH3 is 1. The molecule has 0 spiro atoms. The summed E-state index contributed by atoms with van der Waals surface area (Å²) in [7, 11) is 1.69. The van der Waals surface area contributed by atoms with E-state index in [1.165, 1.54) is 5.56 Å².